The first-order chi connectivity index (χ1) is 13.0. The van der Waals surface area contributed by atoms with Crippen molar-refractivity contribution in [2.75, 3.05) is 12.4 Å². The van der Waals surface area contributed by atoms with Gasteiger partial charge in [-0.15, -0.1) is 0 Å². The zero-order valence-corrected chi connectivity index (χ0v) is 16.4. The van der Waals surface area contributed by atoms with Crippen molar-refractivity contribution in [3.8, 4) is 0 Å². The Labute approximate surface area is 167 Å². The van der Waals surface area contributed by atoms with Gasteiger partial charge in [-0.3, -0.25) is 9.59 Å². The highest BCUT2D eigenvalue weighted by Gasteiger charge is 2.17. The Balaban J connectivity index is 1.77. The summed E-state index contributed by atoms with van der Waals surface area (Å²) in [6.07, 6.45) is 0. The predicted octanol–water partition coefficient (Wildman–Crippen LogP) is 4.97. The standard InChI is InChI=1S/C22H19BrN2O2/c1-25(15-16-7-3-2-4-8-16)22(27)19-9-5-6-10-20(19)24-21(26)17-11-13-18(23)14-12-17/h2-14H,15H2,1H3,(H,24,26). The van der Waals surface area contributed by atoms with Crippen molar-refractivity contribution >= 4 is 33.4 Å². The number of nitrogens with one attached hydrogen (secondary N) is 1. The van der Waals surface area contributed by atoms with Gasteiger partial charge in [-0.25, -0.2) is 0 Å². The van der Waals surface area contributed by atoms with Crippen LogP contribution >= 0.6 is 15.9 Å². The molecule has 0 atom stereocenters. The molecule has 0 unspecified atom stereocenters. The second-order valence-electron chi connectivity index (χ2n) is 6.15. The molecule has 0 spiro atoms. The Bertz CT molecular complexity index is 940. The van der Waals surface area contributed by atoms with E-state index in [1.807, 2.05) is 30.3 Å². The zero-order valence-electron chi connectivity index (χ0n) is 14.9. The third-order valence-electron chi connectivity index (χ3n) is 4.12. The molecule has 0 aliphatic heterocycles. The Morgan fingerprint density at radius 2 is 1.52 bits per heavy atom. The molecule has 2 amide bonds. The highest BCUT2D eigenvalue weighted by atomic mass is 79.9. The van der Waals surface area contributed by atoms with Crippen LogP contribution in [0.2, 0.25) is 0 Å². The van der Waals surface area contributed by atoms with Crippen LogP contribution in [0.3, 0.4) is 0 Å². The van der Waals surface area contributed by atoms with E-state index < -0.39 is 0 Å². The molecule has 27 heavy (non-hydrogen) atoms. The number of nitrogens with zero attached hydrogens (tertiary/aromatic N) is 1. The molecule has 0 saturated carbocycles. The molecule has 3 aromatic carbocycles. The van der Waals surface area contributed by atoms with Gasteiger partial charge in [-0.05, 0) is 42.0 Å². The molecule has 0 saturated heterocycles. The van der Waals surface area contributed by atoms with Gasteiger partial charge in [-0.1, -0.05) is 58.4 Å². The fourth-order valence-electron chi connectivity index (χ4n) is 2.71. The Kier molecular flexibility index (Phi) is 6.04. The molecule has 3 rings (SSSR count). The Hall–Kier alpha value is -2.92. The van der Waals surface area contributed by atoms with Crippen LogP contribution < -0.4 is 5.32 Å². The summed E-state index contributed by atoms with van der Waals surface area (Å²) in [5.74, 6) is -0.404. The summed E-state index contributed by atoms with van der Waals surface area (Å²) in [7, 11) is 1.75. The summed E-state index contributed by atoms with van der Waals surface area (Å²) in [5.41, 5.74) is 2.53. The van der Waals surface area contributed by atoms with Crippen molar-refractivity contribution in [3.05, 3.63) is 100 Å². The lowest BCUT2D eigenvalue weighted by molar-refractivity contribution is 0.0786. The minimum absolute atomic E-state index is 0.148. The predicted molar refractivity (Wildman–Crippen MR) is 111 cm³/mol. The summed E-state index contributed by atoms with van der Waals surface area (Å²) < 4.78 is 0.900. The molecule has 3 aromatic rings. The summed E-state index contributed by atoms with van der Waals surface area (Å²) in [6, 6.07) is 23.9. The lowest BCUT2D eigenvalue weighted by Gasteiger charge is -2.19. The molecule has 5 heteroatoms. The fraction of sp³-hybridized carbons (Fsp3) is 0.0909. The van der Waals surface area contributed by atoms with Crippen LogP contribution in [-0.2, 0) is 6.54 Å². The summed E-state index contributed by atoms with van der Waals surface area (Å²) in [4.78, 5) is 27.0. The van der Waals surface area contributed by atoms with E-state index in [-0.39, 0.29) is 11.8 Å². The largest absolute Gasteiger partial charge is 0.337 e. The number of hydrogen-bond donors (Lipinski definition) is 1. The van der Waals surface area contributed by atoms with Gasteiger partial charge in [0.05, 0.1) is 11.3 Å². The van der Waals surface area contributed by atoms with E-state index in [4.69, 9.17) is 0 Å². The van der Waals surface area contributed by atoms with Gasteiger partial charge in [0.1, 0.15) is 0 Å². The van der Waals surface area contributed by atoms with Crippen molar-refractivity contribution in [1.82, 2.24) is 4.90 Å². The topological polar surface area (TPSA) is 49.4 Å². The van der Waals surface area contributed by atoms with Gasteiger partial charge >= 0.3 is 0 Å². The fourth-order valence-corrected chi connectivity index (χ4v) is 2.97. The van der Waals surface area contributed by atoms with Crippen molar-refractivity contribution in [2.45, 2.75) is 6.54 Å². The molecule has 4 nitrogen and oxygen atoms in total. The van der Waals surface area contributed by atoms with E-state index in [1.165, 1.54) is 0 Å². The first-order valence-electron chi connectivity index (χ1n) is 8.50. The van der Waals surface area contributed by atoms with Crippen LogP contribution in [0.25, 0.3) is 0 Å². The first kappa shape index (κ1) is 18.9. The van der Waals surface area contributed by atoms with Crippen LogP contribution in [0.15, 0.2) is 83.3 Å². The quantitative estimate of drug-likeness (QED) is 0.630. The number of anilines is 1. The lowest BCUT2D eigenvalue weighted by Crippen LogP contribution is -2.27. The van der Waals surface area contributed by atoms with Gasteiger partial charge in [0.15, 0.2) is 0 Å². The number of rotatable bonds is 5. The number of para-hydroxylation sites is 1. The van der Waals surface area contributed by atoms with Gasteiger partial charge < -0.3 is 10.2 Å². The molecule has 0 bridgehead atoms. The highest BCUT2D eigenvalue weighted by molar-refractivity contribution is 9.10. The van der Waals surface area contributed by atoms with Crippen LogP contribution in [0, 0.1) is 0 Å². The van der Waals surface area contributed by atoms with E-state index >= 15 is 0 Å². The number of carbonyl (C=O) groups excluding carboxylic acids is 2. The van der Waals surface area contributed by atoms with Crippen LogP contribution in [0.1, 0.15) is 26.3 Å². The molecule has 0 aliphatic carbocycles. The maximum absolute atomic E-state index is 12.9. The molecular weight excluding hydrogens is 404 g/mol. The number of hydrogen-bond acceptors (Lipinski definition) is 2. The molecule has 0 heterocycles. The van der Waals surface area contributed by atoms with Gasteiger partial charge in [0.2, 0.25) is 0 Å². The molecule has 1 N–H and O–H groups in total. The zero-order chi connectivity index (χ0) is 19.2. The summed E-state index contributed by atoms with van der Waals surface area (Å²) in [6.45, 7) is 0.495. The Morgan fingerprint density at radius 3 is 2.22 bits per heavy atom. The summed E-state index contributed by atoms with van der Waals surface area (Å²) in [5, 5.41) is 2.84. The van der Waals surface area contributed by atoms with E-state index in [0.29, 0.717) is 23.4 Å². The van der Waals surface area contributed by atoms with Crippen molar-refractivity contribution in [2.24, 2.45) is 0 Å². The highest BCUT2D eigenvalue weighted by Crippen LogP contribution is 2.19. The molecule has 0 radical (unpaired) electrons. The van der Waals surface area contributed by atoms with Gasteiger partial charge in [0, 0.05) is 23.6 Å². The second-order valence-corrected chi connectivity index (χ2v) is 7.07. The average molecular weight is 423 g/mol. The normalized spacial score (nSPS) is 10.3. The van der Waals surface area contributed by atoms with Crippen LogP contribution in [-0.4, -0.2) is 23.8 Å². The molecule has 0 aromatic heterocycles. The maximum Gasteiger partial charge on any atom is 0.256 e. The third kappa shape index (κ3) is 4.83. The Morgan fingerprint density at radius 1 is 0.889 bits per heavy atom. The third-order valence-corrected chi connectivity index (χ3v) is 4.65. The number of amides is 2. The van der Waals surface area contributed by atoms with E-state index in [2.05, 4.69) is 21.2 Å². The molecule has 0 aliphatic rings. The first-order valence-corrected chi connectivity index (χ1v) is 9.29. The maximum atomic E-state index is 12.9. The van der Waals surface area contributed by atoms with Crippen molar-refractivity contribution in [3.63, 3.8) is 0 Å². The summed E-state index contributed by atoms with van der Waals surface area (Å²) >= 11 is 3.35. The lowest BCUT2D eigenvalue weighted by atomic mass is 10.1. The van der Waals surface area contributed by atoms with Crippen LogP contribution in [0.4, 0.5) is 5.69 Å². The minimum Gasteiger partial charge on any atom is -0.337 e. The van der Waals surface area contributed by atoms with Gasteiger partial charge in [-0.2, -0.15) is 0 Å². The van der Waals surface area contributed by atoms with E-state index in [0.717, 1.165) is 10.0 Å². The number of halogens is 1. The van der Waals surface area contributed by atoms with Gasteiger partial charge in [0.25, 0.3) is 11.8 Å². The minimum atomic E-state index is -0.256. The van der Waals surface area contributed by atoms with E-state index in [9.17, 15) is 9.59 Å². The smallest absolute Gasteiger partial charge is 0.256 e. The number of carbonyl (C=O) groups is 2. The second kappa shape index (κ2) is 8.64. The van der Waals surface area contributed by atoms with Crippen LogP contribution in [0.5, 0.6) is 0 Å². The SMILES string of the molecule is CN(Cc1ccccc1)C(=O)c1ccccc1NC(=O)c1ccc(Br)cc1. The average Bonchev–Trinajstić information content (AvgIpc) is 2.69. The number of benzene rings is 3. The van der Waals surface area contributed by atoms with E-state index in [1.54, 1.807) is 60.5 Å². The van der Waals surface area contributed by atoms with Crippen molar-refractivity contribution < 1.29 is 9.59 Å². The molecule has 136 valence electrons. The molecular formula is C22H19BrN2O2. The monoisotopic (exact) mass is 422 g/mol. The molecule has 0 fully saturated rings. The van der Waals surface area contributed by atoms with Crippen molar-refractivity contribution in [1.29, 1.82) is 0 Å².